The van der Waals surface area contributed by atoms with E-state index >= 15 is 0 Å². The maximum Gasteiger partial charge on any atom is 0.334 e. The van der Waals surface area contributed by atoms with Gasteiger partial charge in [-0.05, 0) is 19.9 Å². The highest BCUT2D eigenvalue weighted by atomic mass is 16.5. The van der Waals surface area contributed by atoms with Gasteiger partial charge in [0.2, 0.25) is 5.91 Å². The molecular formula is C13H19N3O4. The molecule has 0 fully saturated rings. The van der Waals surface area contributed by atoms with Gasteiger partial charge in [-0.2, -0.15) is 5.10 Å². The van der Waals surface area contributed by atoms with E-state index in [9.17, 15) is 9.59 Å². The molecule has 20 heavy (non-hydrogen) atoms. The summed E-state index contributed by atoms with van der Waals surface area (Å²) in [6, 6.07) is 0. The first-order valence-corrected chi connectivity index (χ1v) is 6.08. The number of amides is 1. The summed E-state index contributed by atoms with van der Waals surface area (Å²) in [6.45, 7) is 3.68. The molecule has 1 amide bonds. The number of carboxylic acid groups (broad SMARTS) is 1. The van der Waals surface area contributed by atoms with Crippen LogP contribution in [-0.4, -0.2) is 46.5 Å². The molecule has 1 atom stereocenters. The molecular weight excluding hydrogens is 262 g/mol. The van der Waals surface area contributed by atoms with E-state index in [1.807, 2.05) is 20.9 Å². The monoisotopic (exact) mass is 281 g/mol. The predicted octanol–water partition coefficient (Wildman–Crippen LogP) is 0.266. The minimum Gasteiger partial charge on any atom is -0.479 e. The first kappa shape index (κ1) is 15.9. The Morgan fingerprint density at radius 2 is 2.15 bits per heavy atom. The summed E-state index contributed by atoms with van der Waals surface area (Å²) in [5.41, 5.74) is 2.66. The number of nitrogens with one attached hydrogen (secondary N) is 1. The number of hydrogen-bond donors (Lipinski definition) is 2. The minimum absolute atomic E-state index is 0.0833. The molecule has 0 aliphatic rings. The fraction of sp³-hybridized carbons (Fsp3) is 0.462. The van der Waals surface area contributed by atoms with E-state index in [2.05, 4.69) is 10.4 Å². The van der Waals surface area contributed by atoms with Crippen molar-refractivity contribution in [2.75, 3.05) is 13.7 Å². The van der Waals surface area contributed by atoms with Crippen LogP contribution in [0, 0.1) is 13.8 Å². The zero-order chi connectivity index (χ0) is 15.3. The molecule has 1 aromatic rings. The predicted molar refractivity (Wildman–Crippen MR) is 73.2 cm³/mol. The topological polar surface area (TPSA) is 93.5 Å². The number of aromatic nitrogens is 2. The van der Waals surface area contributed by atoms with E-state index in [4.69, 9.17) is 9.84 Å². The molecule has 1 unspecified atom stereocenters. The van der Waals surface area contributed by atoms with Gasteiger partial charge in [0.05, 0.1) is 12.2 Å². The van der Waals surface area contributed by atoms with E-state index in [-0.39, 0.29) is 12.5 Å². The summed E-state index contributed by atoms with van der Waals surface area (Å²) >= 11 is 0. The van der Waals surface area contributed by atoms with Crippen LogP contribution in [0.15, 0.2) is 6.08 Å². The average molecular weight is 281 g/mol. The van der Waals surface area contributed by atoms with Crippen molar-refractivity contribution in [3.63, 3.8) is 0 Å². The molecule has 0 bridgehead atoms. The van der Waals surface area contributed by atoms with E-state index in [1.54, 1.807) is 10.8 Å². The number of hydrogen-bond acceptors (Lipinski definition) is 4. The third-order valence-electron chi connectivity index (χ3n) is 2.99. The highest BCUT2D eigenvalue weighted by Gasteiger charge is 2.16. The summed E-state index contributed by atoms with van der Waals surface area (Å²) in [5, 5.41) is 15.5. The molecule has 7 heteroatoms. The van der Waals surface area contributed by atoms with Crippen LogP contribution in [0.5, 0.6) is 0 Å². The van der Waals surface area contributed by atoms with Crippen molar-refractivity contribution in [3.8, 4) is 0 Å². The van der Waals surface area contributed by atoms with Crippen molar-refractivity contribution >= 4 is 18.0 Å². The SMILES string of the molecule is COC(CNC(=O)/C=C/c1c(C)nn(C)c1C)C(=O)O. The van der Waals surface area contributed by atoms with Gasteiger partial charge < -0.3 is 15.2 Å². The zero-order valence-corrected chi connectivity index (χ0v) is 12.0. The lowest BCUT2D eigenvalue weighted by Crippen LogP contribution is -2.37. The van der Waals surface area contributed by atoms with Crippen LogP contribution in [0.2, 0.25) is 0 Å². The number of aryl methyl sites for hydroxylation is 2. The Morgan fingerprint density at radius 1 is 1.50 bits per heavy atom. The first-order valence-electron chi connectivity index (χ1n) is 6.08. The third kappa shape index (κ3) is 3.92. The second-order valence-corrected chi connectivity index (χ2v) is 4.35. The number of rotatable bonds is 6. The number of methoxy groups -OCH3 is 1. The Kier molecular flexibility index (Phi) is 5.45. The van der Waals surface area contributed by atoms with E-state index in [0.717, 1.165) is 17.0 Å². The van der Waals surface area contributed by atoms with Crippen molar-refractivity contribution in [1.29, 1.82) is 0 Å². The molecule has 0 aromatic carbocycles. The molecule has 1 aromatic heterocycles. The van der Waals surface area contributed by atoms with Crippen LogP contribution < -0.4 is 5.32 Å². The molecule has 0 aliphatic carbocycles. The number of ether oxygens (including phenoxy) is 1. The molecule has 1 rings (SSSR count). The van der Waals surface area contributed by atoms with Crippen LogP contribution in [-0.2, 0) is 21.4 Å². The first-order chi connectivity index (χ1) is 9.36. The van der Waals surface area contributed by atoms with Crippen molar-refractivity contribution in [2.24, 2.45) is 7.05 Å². The standard InChI is InChI=1S/C13H19N3O4/c1-8-10(9(2)16(3)15-8)5-6-12(17)14-7-11(20-4)13(18)19/h5-6,11H,7H2,1-4H3,(H,14,17)(H,18,19)/b6-5+. The van der Waals surface area contributed by atoms with Gasteiger partial charge in [-0.3, -0.25) is 9.48 Å². The molecule has 7 nitrogen and oxygen atoms in total. The Hall–Kier alpha value is -2.15. The molecule has 2 N–H and O–H groups in total. The molecule has 0 saturated heterocycles. The van der Waals surface area contributed by atoms with Crippen molar-refractivity contribution in [3.05, 3.63) is 23.0 Å². The van der Waals surface area contributed by atoms with Gasteiger partial charge in [-0.1, -0.05) is 0 Å². The van der Waals surface area contributed by atoms with E-state index in [0.29, 0.717) is 0 Å². The summed E-state index contributed by atoms with van der Waals surface area (Å²) in [7, 11) is 3.11. The number of aliphatic carboxylic acids is 1. The Labute approximate surface area is 117 Å². The lowest BCUT2D eigenvalue weighted by atomic mass is 10.2. The lowest BCUT2D eigenvalue weighted by Gasteiger charge is -2.10. The van der Waals surface area contributed by atoms with Crippen LogP contribution in [0.4, 0.5) is 0 Å². The summed E-state index contributed by atoms with van der Waals surface area (Å²) in [5.74, 6) is -1.49. The van der Waals surface area contributed by atoms with Crippen LogP contribution in [0.25, 0.3) is 6.08 Å². The Bertz CT molecular complexity index is 534. The van der Waals surface area contributed by atoms with Crippen LogP contribution in [0.1, 0.15) is 17.0 Å². The van der Waals surface area contributed by atoms with E-state index in [1.165, 1.54) is 13.2 Å². The summed E-state index contributed by atoms with van der Waals surface area (Å²) in [6.07, 6.45) is 1.97. The molecule has 0 aliphatic heterocycles. The molecule has 0 radical (unpaired) electrons. The average Bonchev–Trinajstić information content (AvgIpc) is 2.61. The lowest BCUT2D eigenvalue weighted by molar-refractivity contribution is -0.148. The molecule has 110 valence electrons. The Balaban J connectivity index is 2.62. The van der Waals surface area contributed by atoms with Gasteiger partial charge in [-0.15, -0.1) is 0 Å². The van der Waals surface area contributed by atoms with Gasteiger partial charge in [0, 0.05) is 31.5 Å². The van der Waals surface area contributed by atoms with Gasteiger partial charge in [-0.25, -0.2) is 4.79 Å². The Morgan fingerprint density at radius 3 is 2.60 bits per heavy atom. The normalized spacial score (nSPS) is 12.6. The summed E-state index contributed by atoms with van der Waals surface area (Å²) < 4.78 is 6.45. The van der Waals surface area contributed by atoms with E-state index < -0.39 is 12.1 Å². The third-order valence-corrected chi connectivity index (χ3v) is 2.99. The second-order valence-electron chi connectivity index (χ2n) is 4.35. The fourth-order valence-electron chi connectivity index (χ4n) is 1.71. The molecule has 1 heterocycles. The van der Waals surface area contributed by atoms with Crippen molar-refractivity contribution < 1.29 is 19.4 Å². The minimum atomic E-state index is -1.12. The molecule has 0 spiro atoms. The zero-order valence-electron chi connectivity index (χ0n) is 12.0. The maximum atomic E-state index is 11.6. The smallest absolute Gasteiger partial charge is 0.334 e. The number of carbonyl (C=O) groups excluding carboxylic acids is 1. The highest BCUT2D eigenvalue weighted by Crippen LogP contribution is 2.13. The second kappa shape index (κ2) is 6.85. The van der Waals surface area contributed by atoms with Crippen molar-refractivity contribution in [2.45, 2.75) is 20.0 Å². The van der Waals surface area contributed by atoms with Crippen LogP contribution in [0.3, 0.4) is 0 Å². The number of carbonyl (C=O) groups is 2. The van der Waals surface area contributed by atoms with Gasteiger partial charge in [0.25, 0.3) is 0 Å². The fourth-order valence-corrected chi connectivity index (χ4v) is 1.71. The number of nitrogens with zero attached hydrogens (tertiary/aromatic N) is 2. The number of carboxylic acids is 1. The maximum absolute atomic E-state index is 11.6. The van der Waals surface area contributed by atoms with Gasteiger partial charge in [0.15, 0.2) is 6.10 Å². The highest BCUT2D eigenvalue weighted by molar-refractivity contribution is 5.92. The summed E-state index contributed by atoms with van der Waals surface area (Å²) in [4.78, 5) is 22.3. The van der Waals surface area contributed by atoms with Gasteiger partial charge >= 0.3 is 5.97 Å². The quantitative estimate of drug-likeness (QED) is 0.730. The van der Waals surface area contributed by atoms with Crippen molar-refractivity contribution in [1.82, 2.24) is 15.1 Å². The molecule has 0 saturated carbocycles. The van der Waals surface area contributed by atoms with Gasteiger partial charge in [0.1, 0.15) is 0 Å². The van der Waals surface area contributed by atoms with Crippen LogP contribution >= 0.6 is 0 Å². The largest absolute Gasteiger partial charge is 0.479 e.